The maximum Gasteiger partial charge on any atom is 0.134 e. The molecule has 0 saturated heterocycles. The molecule has 0 aliphatic rings. The average molecular weight is 269 g/mol. The third kappa shape index (κ3) is 1.85. The number of hydrogen-bond donors (Lipinski definition) is 2. The van der Waals surface area contributed by atoms with Crippen molar-refractivity contribution in [2.24, 2.45) is 5.73 Å². The van der Waals surface area contributed by atoms with Gasteiger partial charge < -0.3 is 15.9 Å². The van der Waals surface area contributed by atoms with Crippen LogP contribution in [0.15, 0.2) is 22.9 Å². The molecule has 0 bridgehead atoms. The quantitative estimate of drug-likeness (QED) is 0.888. The van der Waals surface area contributed by atoms with Crippen molar-refractivity contribution in [2.75, 3.05) is 12.3 Å². The first-order valence-electron chi connectivity index (χ1n) is 4.85. The molecule has 0 fully saturated rings. The zero-order valence-electron chi connectivity index (χ0n) is 8.28. The number of aromatic nitrogens is 2. The van der Waals surface area contributed by atoms with Gasteiger partial charge in [0, 0.05) is 12.6 Å². The van der Waals surface area contributed by atoms with Gasteiger partial charge in [0.2, 0.25) is 0 Å². The zero-order chi connectivity index (χ0) is 10.8. The van der Waals surface area contributed by atoms with Crippen LogP contribution < -0.4 is 11.5 Å². The fourth-order valence-electron chi connectivity index (χ4n) is 1.62. The Morgan fingerprint density at radius 3 is 3.00 bits per heavy atom. The number of nitrogen functional groups attached to an aromatic ring is 1. The van der Waals surface area contributed by atoms with Crippen LogP contribution >= 0.6 is 15.9 Å². The molecule has 0 spiro atoms. The first-order chi connectivity index (χ1) is 7.24. The highest BCUT2D eigenvalue weighted by Crippen LogP contribution is 2.24. The van der Waals surface area contributed by atoms with Gasteiger partial charge in [0.05, 0.1) is 5.69 Å². The van der Waals surface area contributed by atoms with Gasteiger partial charge in [-0.2, -0.15) is 0 Å². The lowest BCUT2D eigenvalue weighted by atomic mass is 10.3. The highest BCUT2D eigenvalue weighted by molar-refractivity contribution is 9.10. The molecule has 2 heterocycles. The van der Waals surface area contributed by atoms with Crippen molar-refractivity contribution >= 4 is 27.1 Å². The standard InChI is InChI=1S/C10H13BrN4/c11-10-9-7(13)3-2-6-15(9)8(14-10)4-1-5-12/h2-3,6H,1,4-5,12-13H2. The van der Waals surface area contributed by atoms with E-state index in [2.05, 4.69) is 20.9 Å². The summed E-state index contributed by atoms with van der Waals surface area (Å²) < 4.78 is 2.81. The van der Waals surface area contributed by atoms with Crippen molar-refractivity contribution in [1.82, 2.24) is 9.38 Å². The number of fused-ring (bicyclic) bond motifs is 1. The number of pyridine rings is 1. The van der Waals surface area contributed by atoms with Gasteiger partial charge in [-0.15, -0.1) is 0 Å². The fraction of sp³-hybridized carbons (Fsp3) is 0.300. The van der Waals surface area contributed by atoms with Crippen molar-refractivity contribution in [3.63, 3.8) is 0 Å². The molecule has 0 aliphatic carbocycles. The van der Waals surface area contributed by atoms with Crippen LogP contribution in [0.25, 0.3) is 5.52 Å². The first-order valence-corrected chi connectivity index (χ1v) is 5.64. The summed E-state index contributed by atoms with van der Waals surface area (Å²) in [5.41, 5.74) is 13.0. The van der Waals surface area contributed by atoms with Gasteiger partial charge in [-0.25, -0.2) is 4.98 Å². The number of nitrogens with zero attached hydrogens (tertiary/aromatic N) is 2. The Balaban J connectivity index is 2.53. The summed E-state index contributed by atoms with van der Waals surface area (Å²) in [7, 11) is 0. The summed E-state index contributed by atoms with van der Waals surface area (Å²) in [6.45, 7) is 0.675. The maximum absolute atomic E-state index is 5.88. The number of rotatable bonds is 3. The molecule has 4 N–H and O–H groups in total. The molecule has 0 aromatic carbocycles. The van der Waals surface area contributed by atoms with E-state index in [-0.39, 0.29) is 0 Å². The third-order valence-corrected chi connectivity index (χ3v) is 2.88. The summed E-state index contributed by atoms with van der Waals surface area (Å²) in [5.74, 6) is 0.995. The van der Waals surface area contributed by atoms with E-state index in [1.165, 1.54) is 0 Å². The summed E-state index contributed by atoms with van der Waals surface area (Å²) >= 11 is 3.42. The molecule has 0 saturated carbocycles. The second kappa shape index (κ2) is 4.20. The van der Waals surface area contributed by atoms with Gasteiger partial charge in [0.15, 0.2) is 0 Å². The largest absolute Gasteiger partial charge is 0.397 e. The Kier molecular flexibility index (Phi) is 2.93. The first kappa shape index (κ1) is 10.4. The Labute approximate surface area is 96.4 Å². The van der Waals surface area contributed by atoms with Crippen molar-refractivity contribution in [3.8, 4) is 0 Å². The zero-order valence-corrected chi connectivity index (χ0v) is 9.87. The van der Waals surface area contributed by atoms with Crippen LogP contribution in [0.5, 0.6) is 0 Å². The van der Waals surface area contributed by atoms with Crippen molar-refractivity contribution in [3.05, 3.63) is 28.8 Å². The van der Waals surface area contributed by atoms with E-state index in [1.54, 1.807) is 0 Å². The van der Waals surface area contributed by atoms with E-state index >= 15 is 0 Å². The van der Waals surface area contributed by atoms with E-state index in [9.17, 15) is 0 Å². The Morgan fingerprint density at radius 2 is 2.27 bits per heavy atom. The van der Waals surface area contributed by atoms with Crippen molar-refractivity contribution < 1.29 is 0 Å². The van der Waals surface area contributed by atoms with Gasteiger partial charge in [0.1, 0.15) is 15.9 Å². The smallest absolute Gasteiger partial charge is 0.134 e. The SMILES string of the molecule is NCCCc1nc(Br)c2c(N)cccn12. The van der Waals surface area contributed by atoms with E-state index in [4.69, 9.17) is 11.5 Å². The molecule has 2 rings (SSSR count). The number of hydrogen-bond acceptors (Lipinski definition) is 3. The predicted molar refractivity (Wildman–Crippen MR) is 64.7 cm³/mol. The third-order valence-electron chi connectivity index (χ3n) is 2.33. The highest BCUT2D eigenvalue weighted by atomic mass is 79.9. The molecular weight excluding hydrogens is 256 g/mol. The molecule has 2 aromatic rings. The van der Waals surface area contributed by atoms with E-state index in [0.717, 1.165) is 34.5 Å². The molecule has 2 aromatic heterocycles. The number of anilines is 1. The van der Waals surface area contributed by atoms with Crippen LogP contribution in [-0.4, -0.2) is 15.9 Å². The van der Waals surface area contributed by atoms with Crippen molar-refractivity contribution in [2.45, 2.75) is 12.8 Å². The summed E-state index contributed by atoms with van der Waals surface area (Å²) in [6, 6.07) is 3.79. The Hall–Kier alpha value is -1.07. The molecular formula is C10H13BrN4. The minimum absolute atomic E-state index is 0.675. The van der Waals surface area contributed by atoms with Gasteiger partial charge in [-0.05, 0) is 41.0 Å². The van der Waals surface area contributed by atoms with Gasteiger partial charge in [-0.1, -0.05) is 0 Å². The lowest BCUT2D eigenvalue weighted by molar-refractivity contribution is 0.777. The van der Waals surface area contributed by atoms with Crippen LogP contribution in [0.4, 0.5) is 5.69 Å². The fourth-order valence-corrected chi connectivity index (χ4v) is 2.24. The van der Waals surface area contributed by atoms with E-state index in [0.29, 0.717) is 6.54 Å². The van der Waals surface area contributed by atoms with Crippen LogP contribution in [0.1, 0.15) is 12.2 Å². The lowest BCUT2D eigenvalue weighted by Gasteiger charge is -2.01. The average Bonchev–Trinajstić information content (AvgIpc) is 2.54. The number of imidazole rings is 1. The van der Waals surface area contributed by atoms with Crippen molar-refractivity contribution in [1.29, 1.82) is 0 Å². The Bertz CT molecular complexity index is 477. The molecule has 0 radical (unpaired) electrons. The molecule has 4 nitrogen and oxygen atoms in total. The molecule has 80 valence electrons. The monoisotopic (exact) mass is 268 g/mol. The maximum atomic E-state index is 5.88. The van der Waals surface area contributed by atoms with E-state index < -0.39 is 0 Å². The van der Waals surface area contributed by atoms with Gasteiger partial charge >= 0.3 is 0 Å². The number of halogens is 1. The predicted octanol–water partition coefficient (Wildman–Crippen LogP) is 1.57. The number of aryl methyl sites for hydroxylation is 1. The van der Waals surface area contributed by atoms with Crippen LogP contribution in [0, 0.1) is 0 Å². The minimum atomic E-state index is 0.675. The van der Waals surface area contributed by atoms with Crippen LogP contribution in [0.3, 0.4) is 0 Å². The summed E-state index contributed by atoms with van der Waals surface area (Å²) in [6.07, 6.45) is 3.77. The minimum Gasteiger partial charge on any atom is -0.397 e. The molecule has 0 amide bonds. The van der Waals surface area contributed by atoms with Gasteiger partial charge in [0.25, 0.3) is 0 Å². The number of nitrogens with two attached hydrogens (primary N) is 2. The highest BCUT2D eigenvalue weighted by Gasteiger charge is 2.10. The van der Waals surface area contributed by atoms with Crippen LogP contribution in [0.2, 0.25) is 0 Å². The second-order valence-corrected chi connectivity index (χ2v) is 4.14. The normalized spacial score (nSPS) is 11.1. The second-order valence-electron chi connectivity index (χ2n) is 3.39. The molecule has 15 heavy (non-hydrogen) atoms. The lowest BCUT2D eigenvalue weighted by Crippen LogP contribution is -2.03. The topological polar surface area (TPSA) is 69.3 Å². The van der Waals surface area contributed by atoms with E-state index in [1.807, 2.05) is 22.7 Å². The summed E-state index contributed by atoms with van der Waals surface area (Å²) in [5, 5.41) is 0. The van der Waals surface area contributed by atoms with Gasteiger partial charge in [-0.3, -0.25) is 0 Å². The molecule has 0 unspecified atom stereocenters. The van der Waals surface area contributed by atoms with Crippen LogP contribution in [-0.2, 0) is 6.42 Å². The molecule has 0 aliphatic heterocycles. The molecule has 0 atom stereocenters. The Morgan fingerprint density at radius 1 is 1.47 bits per heavy atom. The molecule has 5 heteroatoms. The summed E-state index contributed by atoms with van der Waals surface area (Å²) in [4.78, 5) is 4.43.